The average molecular weight is 347 g/mol. The third-order valence-electron chi connectivity index (χ3n) is 3.60. The van der Waals surface area contributed by atoms with Crippen molar-refractivity contribution in [2.45, 2.75) is 39.3 Å². The van der Waals surface area contributed by atoms with E-state index in [0.717, 1.165) is 11.0 Å². The van der Waals surface area contributed by atoms with Crippen LogP contribution in [-0.4, -0.2) is 30.6 Å². The number of imidazole rings is 1. The first kappa shape index (κ1) is 16.4. The molecule has 1 aromatic carbocycles. The van der Waals surface area contributed by atoms with Gasteiger partial charge in [-0.1, -0.05) is 11.6 Å². The Kier molecular flexibility index (Phi) is 4.04. The maximum Gasteiger partial charge on any atom is 0.291 e. The van der Waals surface area contributed by atoms with Crippen molar-refractivity contribution in [2.24, 2.45) is 0 Å². The molecule has 0 saturated heterocycles. The summed E-state index contributed by atoms with van der Waals surface area (Å²) < 4.78 is 1.66. The normalized spacial score (nSPS) is 13.2. The summed E-state index contributed by atoms with van der Waals surface area (Å²) >= 11 is 5.97. The minimum atomic E-state index is -0.344. The number of aromatic amines is 1. The lowest BCUT2D eigenvalue weighted by atomic mass is 10.1. The highest BCUT2D eigenvalue weighted by Gasteiger charge is 2.21. The Morgan fingerprint density at radius 1 is 1.38 bits per heavy atom. The van der Waals surface area contributed by atoms with Crippen molar-refractivity contribution in [3.63, 3.8) is 0 Å². The molecule has 1 amide bonds. The van der Waals surface area contributed by atoms with Gasteiger partial charge in [-0.3, -0.25) is 4.79 Å². The number of halogens is 1. The van der Waals surface area contributed by atoms with Gasteiger partial charge in [0.1, 0.15) is 12.2 Å². The van der Waals surface area contributed by atoms with Gasteiger partial charge >= 0.3 is 0 Å². The molecule has 8 heteroatoms. The number of rotatable bonds is 3. The van der Waals surface area contributed by atoms with E-state index in [1.165, 1.54) is 0 Å². The summed E-state index contributed by atoms with van der Waals surface area (Å²) in [6.07, 6.45) is 1.56. The lowest BCUT2D eigenvalue weighted by Gasteiger charge is -2.17. The predicted molar refractivity (Wildman–Crippen MR) is 92.0 cm³/mol. The molecule has 2 aromatic heterocycles. The maximum absolute atomic E-state index is 12.3. The van der Waals surface area contributed by atoms with Gasteiger partial charge in [0, 0.05) is 5.02 Å². The fraction of sp³-hybridized carbons (Fsp3) is 0.375. The Morgan fingerprint density at radius 2 is 2.12 bits per heavy atom. The number of carbonyl (C=O) groups is 1. The highest BCUT2D eigenvalue weighted by Crippen LogP contribution is 2.20. The minimum Gasteiger partial charge on any atom is -0.340 e. The van der Waals surface area contributed by atoms with Crippen LogP contribution in [-0.2, 0) is 5.54 Å². The number of amides is 1. The number of aromatic nitrogens is 5. The lowest BCUT2D eigenvalue weighted by molar-refractivity contribution is 0.0927. The van der Waals surface area contributed by atoms with E-state index in [0.29, 0.717) is 10.8 Å². The number of nitrogens with zero attached hydrogens (tertiary/aromatic N) is 4. The fourth-order valence-corrected chi connectivity index (χ4v) is 2.40. The Bertz CT molecular complexity index is 891. The summed E-state index contributed by atoms with van der Waals surface area (Å²) in [4.78, 5) is 24.0. The molecule has 0 saturated carbocycles. The largest absolute Gasteiger partial charge is 0.340 e. The molecule has 0 spiro atoms. The topological polar surface area (TPSA) is 88.5 Å². The number of hydrogen-bond donors (Lipinski definition) is 2. The molecular weight excluding hydrogens is 328 g/mol. The van der Waals surface area contributed by atoms with Crippen molar-refractivity contribution in [2.75, 3.05) is 0 Å². The fourth-order valence-electron chi connectivity index (χ4n) is 2.23. The summed E-state index contributed by atoms with van der Waals surface area (Å²) in [6.45, 7) is 7.82. The summed E-state index contributed by atoms with van der Waals surface area (Å²) in [5, 5.41) is 7.71. The molecule has 0 aliphatic rings. The smallest absolute Gasteiger partial charge is 0.291 e. The van der Waals surface area contributed by atoms with Crippen LogP contribution >= 0.6 is 11.6 Å². The number of H-pyrrole nitrogens is 1. The predicted octanol–water partition coefficient (Wildman–Crippen LogP) is 3.05. The first-order valence-electron chi connectivity index (χ1n) is 7.62. The van der Waals surface area contributed by atoms with Crippen molar-refractivity contribution in [1.82, 2.24) is 30.0 Å². The summed E-state index contributed by atoms with van der Waals surface area (Å²) in [5.74, 6) is 0.441. The van der Waals surface area contributed by atoms with Crippen LogP contribution in [0.25, 0.3) is 11.0 Å². The van der Waals surface area contributed by atoms with Crippen LogP contribution < -0.4 is 5.32 Å². The summed E-state index contributed by atoms with van der Waals surface area (Å²) in [7, 11) is 0. The molecule has 0 aliphatic heterocycles. The molecule has 7 nitrogen and oxygen atoms in total. The zero-order valence-corrected chi connectivity index (χ0v) is 14.7. The molecule has 0 fully saturated rings. The molecule has 0 bridgehead atoms. The van der Waals surface area contributed by atoms with Gasteiger partial charge in [-0.25, -0.2) is 14.6 Å². The van der Waals surface area contributed by atoms with Gasteiger partial charge in [-0.15, -0.1) is 5.10 Å². The van der Waals surface area contributed by atoms with E-state index in [1.807, 2.05) is 33.8 Å². The van der Waals surface area contributed by atoms with E-state index in [1.54, 1.807) is 23.1 Å². The number of hydrogen-bond acceptors (Lipinski definition) is 4. The van der Waals surface area contributed by atoms with Crippen LogP contribution in [0.15, 0.2) is 24.5 Å². The van der Waals surface area contributed by atoms with Crippen molar-refractivity contribution in [3.8, 4) is 0 Å². The second-order valence-electron chi connectivity index (χ2n) is 6.66. The number of carbonyl (C=O) groups excluding carboxylic acids is 1. The monoisotopic (exact) mass is 346 g/mol. The molecule has 126 valence electrons. The van der Waals surface area contributed by atoms with Crippen LogP contribution in [0.3, 0.4) is 0 Å². The molecule has 0 radical (unpaired) electrons. The van der Waals surface area contributed by atoms with Crippen LogP contribution in [0.4, 0.5) is 0 Å². The average Bonchev–Trinajstić information content (AvgIpc) is 3.12. The molecule has 1 unspecified atom stereocenters. The van der Waals surface area contributed by atoms with E-state index in [-0.39, 0.29) is 23.3 Å². The number of fused-ring (bicyclic) bond motifs is 1. The zero-order chi connectivity index (χ0) is 17.5. The Balaban J connectivity index is 1.76. The van der Waals surface area contributed by atoms with Gasteiger partial charge in [0.15, 0.2) is 0 Å². The Labute approximate surface area is 144 Å². The van der Waals surface area contributed by atoms with E-state index in [2.05, 4.69) is 25.4 Å². The van der Waals surface area contributed by atoms with Crippen molar-refractivity contribution in [1.29, 1.82) is 0 Å². The lowest BCUT2D eigenvalue weighted by Crippen LogP contribution is -2.29. The highest BCUT2D eigenvalue weighted by atomic mass is 35.5. The molecule has 2 heterocycles. The van der Waals surface area contributed by atoms with Crippen LogP contribution in [0, 0.1) is 0 Å². The molecular formula is C16H19ClN6O. The first-order chi connectivity index (χ1) is 11.2. The molecule has 3 rings (SSSR count). The first-order valence-corrected chi connectivity index (χ1v) is 8.00. The highest BCUT2D eigenvalue weighted by molar-refractivity contribution is 6.31. The summed E-state index contributed by atoms with van der Waals surface area (Å²) in [6, 6.07) is 5.10. The molecule has 2 N–H and O–H groups in total. The number of nitrogens with one attached hydrogen (secondary N) is 2. The van der Waals surface area contributed by atoms with Crippen molar-refractivity contribution < 1.29 is 4.79 Å². The van der Waals surface area contributed by atoms with E-state index in [4.69, 9.17) is 11.6 Å². The van der Waals surface area contributed by atoms with Crippen LogP contribution in [0.1, 0.15) is 50.2 Å². The van der Waals surface area contributed by atoms with Crippen LogP contribution in [0.2, 0.25) is 5.02 Å². The van der Waals surface area contributed by atoms with E-state index in [9.17, 15) is 4.79 Å². The third kappa shape index (κ3) is 3.26. The second kappa shape index (κ2) is 5.90. The van der Waals surface area contributed by atoms with E-state index < -0.39 is 0 Å². The number of benzene rings is 1. The molecule has 1 atom stereocenters. The van der Waals surface area contributed by atoms with Gasteiger partial charge in [-0.05, 0) is 45.9 Å². The molecule has 24 heavy (non-hydrogen) atoms. The van der Waals surface area contributed by atoms with Crippen molar-refractivity contribution in [3.05, 3.63) is 41.2 Å². The molecule has 3 aromatic rings. The standard InChI is InChI=1S/C16H19ClN6O/c1-9(13-20-11-6-5-10(17)7-12(11)21-13)19-15(24)14-18-8-23(22-14)16(2,3)4/h5-9H,1-4H3,(H,19,24)(H,20,21). The zero-order valence-electron chi connectivity index (χ0n) is 14.0. The Hall–Kier alpha value is -2.41. The summed E-state index contributed by atoms with van der Waals surface area (Å²) in [5.41, 5.74) is 1.40. The minimum absolute atomic E-state index is 0.135. The SMILES string of the molecule is CC(NC(=O)c1ncn(C(C)(C)C)n1)c1nc2ccc(Cl)cc2[nH]1. The van der Waals surface area contributed by atoms with Gasteiger partial charge < -0.3 is 10.3 Å². The van der Waals surface area contributed by atoms with Gasteiger partial charge in [0.05, 0.1) is 22.6 Å². The second-order valence-corrected chi connectivity index (χ2v) is 7.10. The quantitative estimate of drug-likeness (QED) is 0.762. The van der Waals surface area contributed by atoms with Crippen LogP contribution in [0.5, 0.6) is 0 Å². The van der Waals surface area contributed by atoms with E-state index >= 15 is 0 Å². The van der Waals surface area contributed by atoms with Gasteiger partial charge in [0.25, 0.3) is 5.91 Å². The Morgan fingerprint density at radius 3 is 2.79 bits per heavy atom. The maximum atomic E-state index is 12.3. The van der Waals surface area contributed by atoms with Crippen molar-refractivity contribution >= 4 is 28.5 Å². The van der Waals surface area contributed by atoms with Gasteiger partial charge in [0.2, 0.25) is 5.82 Å². The third-order valence-corrected chi connectivity index (χ3v) is 3.84. The van der Waals surface area contributed by atoms with Gasteiger partial charge in [-0.2, -0.15) is 0 Å². The molecule has 0 aliphatic carbocycles.